The molecule has 0 atom stereocenters. The summed E-state index contributed by atoms with van der Waals surface area (Å²) < 4.78 is 6.54. The van der Waals surface area contributed by atoms with Gasteiger partial charge in [-0.2, -0.15) is 0 Å². The lowest BCUT2D eigenvalue weighted by molar-refractivity contribution is 0.670. The minimum atomic E-state index is 0.911. The van der Waals surface area contributed by atoms with E-state index in [2.05, 4.69) is 206 Å². The molecule has 12 aromatic rings. The second-order valence-corrected chi connectivity index (χ2v) is 15.2. The van der Waals surface area contributed by atoms with Crippen LogP contribution in [0, 0.1) is 0 Å². The predicted molar refractivity (Wildman–Crippen MR) is 243 cm³/mol. The van der Waals surface area contributed by atoms with Crippen molar-refractivity contribution in [3.8, 4) is 44.5 Å². The summed E-state index contributed by atoms with van der Waals surface area (Å²) in [5.41, 5.74) is 11.6. The molecule has 0 amide bonds. The molecule has 11 aromatic carbocycles. The van der Waals surface area contributed by atoms with Crippen LogP contribution < -0.4 is 0 Å². The normalized spacial score (nSPS) is 11.9. The minimum Gasteiger partial charge on any atom is -0.456 e. The van der Waals surface area contributed by atoms with Gasteiger partial charge in [-0.3, -0.25) is 0 Å². The Labute approximate surface area is 329 Å². The minimum absolute atomic E-state index is 0.911. The van der Waals surface area contributed by atoms with Crippen molar-refractivity contribution in [2.24, 2.45) is 0 Å². The Bertz CT molecular complexity index is 3510. The molecule has 0 aliphatic heterocycles. The second kappa shape index (κ2) is 12.5. The summed E-state index contributed by atoms with van der Waals surface area (Å²) in [7, 11) is 0. The van der Waals surface area contributed by atoms with Crippen molar-refractivity contribution in [1.29, 1.82) is 0 Å². The van der Waals surface area contributed by atoms with E-state index in [4.69, 9.17) is 4.42 Å². The largest absolute Gasteiger partial charge is 0.456 e. The molecule has 0 saturated carbocycles. The molecule has 0 unspecified atom stereocenters. The first-order valence-corrected chi connectivity index (χ1v) is 19.7. The maximum atomic E-state index is 6.54. The van der Waals surface area contributed by atoms with E-state index in [9.17, 15) is 0 Å². The summed E-state index contributed by atoms with van der Waals surface area (Å²) in [4.78, 5) is 0. The van der Waals surface area contributed by atoms with E-state index in [0.717, 1.165) is 21.9 Å². The molecular formula is C56H34O. The predicted octanol–water partition coefficient (Wildman–Crippen LogP) is 16.0. The van der Waals surface area contributed by atoms with Crippen LogP contribution in [0.25, 0.3) is 120 Å². The van der Waals surface area contributed by atoms with Gasteiger partial charge >= 0.3 is 0 Å². The monoisotopic (exact) mass is 722 g/mol. The number of benzene rings is 11. The van der Waals surface area contributed by atoms with Gasteiger partial charge in [0.25, 0.3) is 0 Å². The van der Waals surface area contributed by atoms with E-state index in [1.807, 2.05) is 0 Å². The van der Waals surface area contributed by atoms with Crippen molar-refractivity contribution in [1.82, 2.24) is 0 Å². The summed E-state index contributed by atoms with van der Waals surface area (Å²) in [5, 5.41) is 14.6. The van der Waals surface area contributed by atoms with Gasteiger partial charge in [0, 0.05) is 10.8 Å². The van der Waals surface area contributed by atoms with Crippen LogP contribution in [0.3, 0.4) is 0 Å². The van der Waals surface area contributed by atoms with Crippen LogP contribution in [0.2, 0.25) is 0 Å². The van der Waals surface area contributed by atoms with Crippen molar-refractivity contribution >= 4 is 75.8 Å². The lowest BCUT2D eigenvalue weighted by Gasteiger charge is -2.18. The molecular weight excluding hydrogens is 689 g/mol. The van der Waals surface area contributed by atoms with Gasteiger partial charge in [-0.15, -0.1) is 0 Å². The van der Waals surface area contributed by atoms with Crippen molar-refractivity contribution in [2.75, 3.05) is 0 Å². The molecule has 0 radical (unpaired) electrons. The maximum Gasteiger partial charge on any atom is 0.136 e. The highest BCUT2D eigenvalue weighted by Gasteiger charge is 2.18. The van der Waals surface area contributed by atoms with Crippen LogP contribution in [-0.2, 0) is 0 Å². The molecule has 1 heterocycles. The Morgan fingerprint density at radius 1 is 0.228 bits per heavy atom. The number of hydrogen-bond acceptors (Lipinski definition) is 1. The zero-order valence-electron chi connectivity index (χ0n) is 31.0. The van der Waals surface area contributed by atoms with Gasteiger partial charge in [-0.25, -0.2) is 0 Å². The van der Waals surface area contributed by atoms with Crippen LogP contribution in [0.4, 0.5) is 0 Å². The van der Waals surface area contributed by atoms with E-state index in [1.54, 1.807) is 0 Å². The molecule has 12 rings (SSSR count). The Balaban J connectivity index is 1.01. The Morgan fingerprint density at radius 2 is 0.684 bits per heavy atom. The SMILES string of the molecule is c1cc(-c2cccc3cc4c(cc23)oc2cc3ccccc3cc24)cc(-c2c3ccccc3c(-c3ccc(-c4cccc5ccccc45)cc3)c3ccccc23)c1. The Hall–Kier alpha value is -7.48. The molecule has 0 aliphatic carbocycles. The molecule has 0 saturated heterocycles. The van der Waals surface area contributed by atoms with Gasteiger partial charge in [0.05, 0.1) is 0 Å². The van der Waals surface area contributed by atoms with Gasteiger partial charge in [-0.1, -0.05) is 176 Å². The van der Waals surface area contributed by atoms with Crippen molar-refractivity contribution in [3.05, 3.63) is 206 Å². The zero-order valence-corrected chi connectivity index (χ0v) is 31.0. The van der Waals surface area contributed by atoms with E-state index < -0.39 is 0 Å². The number of fused-ring (bicyclic) bond motifs is 8. The summed E-state index contributed by atoms with van der Waals surface area (Å²) in [6.45, 7) is 0. The average Bonchev–Trinajstić information content (AvgIpc) is 3.62. The highest BCUT2D eigenvalue weighted by molar-refractivity contribution is 6.22. The van der Waals surface area contributed by atoms with Crippen LogP contribution in [-0.4, -0.2) is 0 Å². The van der Waals surface area contributed by atoms with Crippen LogP contribution in [0.5, 0.6) is 0 Å². The van der Waals surface area contributed by atoms with Gasteiger partial charge in [-0.05, 0) is 129 Å². The van der Waals surface area contributed by atoms with Gasteiger partial charge in [0.2, 0.25) is 0 Å². The first-order chi connectivity index (χ1) is 28.2. The van der Waals surface area contributed by atoms with Gasteiger partial charge in [0.15, 0.2) is 0 Å². The highest BCUT2D eigenvalue weighted by Crippen LogP contribution is 2.45. The third-order valence-electron chi connectivity index (χ3n) is 12.0. The fraction of sp³-hybridized carbons (Fsp3) is 0. The van der Waals surface area contributed by atoms with E-state index in [1.165, 1.54) is 98.4 Å². The molecule has 1 heteroatoms. The molecule has 0 bridgehead atoms. The quantitative estimate of drug-likeness (QED) is 0.165. The maximum absolute atomic E-state index is 6.54. The molecule has 1 nitrogen and oxygen atoms in total. The second-order valence-electron chi connectivity index (χ2n) is 15.2. The van der Waals surface area contributed by atoms with Crippen LogP contribution in [0.15, 0.2) is 211 Å². The van der Waals surface area contributed by atoms with Crippen molar-refractivity contribution in [2.45, 2.75) is 0 Å². The first-order valence-electron chi connectivity index (χ1n) is 19.7. The molecule has 0 spiro atoms. The summed E-state index contributed by atoms with van der Waals surface area (Å²) in [6, 6.07) is 75.4. The fourth-order valence-electron chi connectivity index (χ4n) is 9.37. The standard InChI is InChI=1S/C56H34O/c1-2-14-39-33-53-51(31-38(39)13-1)52-32-41-17-11-25-45(50(41)34-54(52)57-53)40-16-9-18-42(30-40)56-48-22-7-5-20-46(48)55(47-21-6-8-23-49(47)56)37-28-26-36(27-29-37)44-24-10-15-35-12-3-4-19-43(35)44/h1-34H. The fourth-order valence-corrected chi connectivity index (χ4v) is 9.37. The summed E-state index contributed by atoms with van der Waals surface area (Å²) >= 11 is 0. The van der Waals surface area contributed by atoms with Crippen molar-refractivity contribution in [3.63, 3.8) is 0 Å². The van der Waals surface area contributed by atoms with Gasteiger partial charge in [0.1, 0.15) is 11.2 Å². The zero-order chi connectivity index (χ0) is 37.5. The number of hydrogen-bond donors (Lipinski definition) is 0. The lowest BCUT2D eigenvalue weighted by Crippen LogP contribution is -1.91. The highest BCUT2D eigenvalue weighted by atomic mass is 16.3. The molecule has 0 N–H and O–H groups in total. The lowest BCUT2D eigenvalue weighted by atomic mass is 9.85. The van der Waals surface area contributed by atoms with Crippen molar-refractivity contribution < 1.29 is 4.42 Å². The van der Waals surface area contributed by atoms with Crippen LogP contribution in [0.1, 0.15) is 0 Å². The Morgan fingerprint density at radius 3 is 1.37 bits per heavy atom. The number of furan rings is 1. The molecule has 1 aromatic heterocycles. The third-order valence-corrected chi connectivity index (χ3v) is 12.0. The van der Waals surface area contributed by atoms with Crippen LogP contribution >= 0.6 is 0 Å². The molecule has 0 fully saturated rings. The number of rotatable bonds is 4. The third kappa shape index (κ3) is 5.03. The first kappa shape index (κ1) is 31.8. The Kier molecular flexibility index (Phi) is 7.00. The summed E-state index contributed by atoms with van der Waals surface area (Å²) in [6.07, 6.45) is 0. The topological polar surface area (TPSA) is 13.1 Å². The molecule has 57 heavy (non-hydrogen) atoms. The average molecular weight is 723 g/mol. The van der Waals surface area contributed by atoms with E-state index >= 15 is 0 Å². The smallest absolute Gasteiger partial charge is 0.136 e. The molecule has 264 valence electrons. The van der Waals surface area contributed by atoms with E-state index in [-0.39, 0.29) is 0 Å². The molecule has 0 aliphatic rings. The van der Waals surface area contributed by atoms with E-state index in [0.29, 0.717) is 0 Å². The van der Waals surface area contributed by atoms with Gasteiger partial charge < -0.3 is 4.42 Å². The summed E-state index contributed by atoms with van der Waals surface area (Å²) in [5.74, 6) is 0.